The maximum atomic E-state index is 13.4. The van der Waals surface area contributed by atoms with Gasteiger partial charge in [0.1, 0.15) is 12.4 Å². The molecule has 2 heterocycles. The predicted octanol–water partition coefficient (Wildman–Crippen LogP) is 1.75. The molecular weight excluding hydrogens is 261 g/mol. The van der Waals surface area contributed by atoms with Crippen LogP contribution in [0.5, 0.6) is 0 Å². The average Bonchev–Trinajstić information content (AvgIpc) is 2.77. The number of hydrogen-bond acceptors (Lipinski definition) is 5. The fourth-order valence-corrected chi connectivity index (χ4v) is 1.57. The van der Waals surface area contributed by atoms with Gasteiger partial charge in [0.05, 0.1) is 23.5 Å². The molecule has 0 spiro atoms. The summed E-state index contributed by atoms with van der Waals surface area (Å²) in [6.07, 6.45) is 2.45. The first-order valence-electron chi connectivity index (χ1n) is 5.12. The molecule has 2 N–H and O–H groups in total. The third-order valence-corrected chi connectivity index (χ3v) is 2.42. The molecule has 8 heteroatoms. The molecule has 0 aliphatic carbocycles. The fraction of sp³-hybridized carbons (Fsp3) is 0.300. The maximum absolute atomic E-state index is 13.4. The van der Waals surface area contributed by atoms with Crippen molar-refractivity contribution < 1.29 is 9.13 Å². The van der Waals surface area contributed by atoms with Crippen molar-refractivity contribution >= 4 is 17.3 Å². The van der Waals surface area contributed by atoms with Crippen molar-refractivity contribution in [2.24, 2.45) is 0 Å². The van der Waals surface area contributed by atoms with E-state index in [0.717, 1.165) is 6.20 Å². The Morgan fingerprint density at radius 3 is 3.06 bits per heavy atom. The summed E-state index contributed by atoms with van der Waals surface area (Å²) >= 11 is 5.82. The topological polar surface area (TPSA) is 75.7 Å². The molecule has 18 heavy (non-hydrogen) atoms. The SMILES string of the molecule is COCc1n[nH]c(CNc2c(F)cncc2Cl)n1. The Labute approximate surface area is 108 Å². The van der Waals surface area contributed by atoms with Gasteiger partial charge in [-0.25, -0.2) is 9.37 Å². The van der Waals surface area contributed by atoms with Gasteiger partial charge >= 0.3 is 0 Å². The molecule has 0 aromatic carbocycles. The number of halogens is 2. The standard InChI is InChI=1S/C10H11ClFN5O/c1-18-5-9-15-8(16-17-9)4-14-10-6(11)2-13-3-7(10)12/h2-3H,4-5H2,1H3,(H,13,14)(H,15,16,17). The summed E-state index contributed by atoms with van der Waals surface area (Å²) in [7, 11) is 1.56. The molecule has 0 aliphatic rings. The zero-order valence-corrected chi connectivity index (χ0v) is 10.3. The lowest BCUT2D eigenvalue weighted by atomic mass is 10.4. The van der Waals surface area contributed by atoms with Gasteiger partial charge in [-0.3, -0.25) is 10.1 Å². The number of hydrogen-bond donors (Lipinski definition) is 2. The molecule has 0 bridgehead atoms. The summed E-state index contributed by atoms with van der Waals surface area (Å²) in [5.74, 6) is 0.587. The summed E-state index contributed by atoms with van der Waals surface area (Å²) in [5, 5.41) is 9.68. The van der Waals surface area contributed by atoms with E-state index in [0.29, 0.717) is 18.3 Å². The second-order valence-electron chi connectivity index (χ2n) is 3.46. The molecule has 0 fully saturated rings. The minimum absolute atomic E-state index is 0.191. The minimum atomic E-state index is -0.515. The van der Waals surface area contributed by atoms with Crippen LogP contribution in [0, 0.1) is 5.82 Å². The molecule has 0 atom stereocenters. The van der Waals surface area contributed by atoms with E-state index < -0.39 is 5.82 Å². The smallest absolute Gasteiger partial charge is 0.176 e. The maximum Gasteiger partial charge on any atom is 0.176 e. The van der Waals surface area contributed by atoms with E-state index >= 15 is 0 Å². The number of nitrogens with one attached hydrogen (secondary N) is 2. The van der Waals surface area contributed by atoms with Crippen LogP contribution in [0.1, 0.15) is 11.6 Å². The molecule has 0 saturated carbocycles. The fourth-order valence-electron chi connectivity index (χ4n) is 1.36. The van der Waals surface area contributed by atoms with Crippen molar-refractivity contribution in [1.29, 1.82) is 0 Å². The Morgan fingerprint density at radius 2 is 2.33 bits per heavy atom. The highest BCUT2D eigenvalue weighted by molar-refractivity contribution is 6.33. The molecule has 6 nitrogen and oxygen atoms in total. The van der Waals surface area contributed by atoms with Crippen LogP contribution in [0.2, 0.25) is 5.02 Å². The van der Waals surface area contributed by atoms with Gasteiger partial charge in [-0.1, -0.05) is 11.6 Å². The number of pyridine rings is 1. The molecule has 0 amide bonds. The van der Waals surface area contributed by atoms with Crippen LogP contribution < -0.4 is 5.32 Å². The van der Waals surface area contributed by atoms with Gasteiger partial charge in [0.15, 0.2) is 11.6 Å². The molecule has 0 saturated heterocycles. The normalized spacial score (nSPS) is 10.6. The van der Waals surface area contributed by atoms with Gasteiger partial charge in [0.25, 0.3) is 0 Å². The van der Waals surface area contributed by atoms with Crippen LogP contribution in [0.25, 0.3) is 0 Å². The van der Waals surface area contributed by atoms with Gasteiger partial charge in [0.2, 0.25) is 0 Å². The van der Waals surface area contributed by atoms with E-state index in [-0.39, 0.29) is 17.3 Å². The van der Waals surface area contributed by atoms with Gasteiger partial charge in [-0.05, 0) is 0 Å². The van der Waals surface area contributed by atoms with Crippen molar-refractivity contribution in [2.75, 3.05) is 12.4 Å². The second-order valence-corrected chi connectivity index (χ2v) is 3.87. The van der Waals surface area contributed by atoms with E-state index in [1.54, 1.807) is 7.11 Å². The van der Waals surface area contributed by atoms with Crippen molar-refractivity contribution in [1.82, 2.24) is 20.2 Å². The zero-order chi connectivity index (χ0) is 13.0. The van der Waals surface area contributed by atoms with Gasteiger partial charge in [-0.15, -0.1) is 0 Å². The van der Waals surface area contributed by atoms with Gasteiger partial charge < -0.3 is 10.1 Å². The Morgan fingerprint density at radius 1 is 1.50 bits per heavy atom. The van der Waals surface area contributed by atoms with Crippen molar-refractivity contribution in [3.63, 3.8) is 0 Å². The second kappa shape index (κ2) is 5.74. The molecular formula is C10H11ClFN5O. The van der Waals surface area contributed by atoms with E-state index in [1.807, 2.05) is 0 Å². The lowest BCUT2D eigenvalue weighted by Gasteiger charge is -2.06. The van der Waals surface area contributed by atoms with Crippen LogP contribution in [0.15, 0.2) is 12.4 Å². The number of rotatable bonds is 5. The molecule has 0 aliphatic heterocycles. The van der Waals surface area contributed by atoms with Crippen molar-refractivity contribution in [3.8, 4) is 0 Å². The number of ether oxygens (including phenoxy) is 1. The van der Waals surface area contributed by atoms with Crippen molar-refractivity contribution in [3.05, 3.63) is 34.9 Å². The number of nitrogens with zero attached hydrogens (tertiary/aromatic N) is 3. The average molecular weight is 272 g/mol. The number of aromatic nitrogens is 4. The lowest BCUT2D eigenvalue weighted by molar-refractivity contribution is 0.178. The molecule has 0 radical (unpaired) electrons. The number of anilines is 1. The molecule has 0 unspecified atom stereocenters. The largest absolute Gasteiger partial charge is 0.377 e. The summed E-state index contributed by atoms with van der Waals surface area (Å²) in [5.41, 5.74) is 0.191. The summed E-state index contributed by atoms with van der Waals surface area (Å²) < 4.78 is 18.3. The molecule has 2 aromatic heterocycles. The molecule has 2 aromatic rings. The third-order valence-electron chi connectivity index (χ3n) is 2.14. The van der Waals surface area contributed by atoms with Gasteiger partial charge in [0, 0.05) is 13.3 Å². The van der Waals surface area contributed by atoms with E-state index in [4.69, 9.17) is 16.3 Å². The van der Waals surface area contributed by atoms with E-state index in [1.165, 1.54) is 6.20 Å². The monoisotopic (exact) mass is 271 g/mol. The predicted molar refractivity (Wildman–Crippen MR) is 63.6 cm³/mol. The highest BCUT2D eigenvalue weighted by Gasteiger charge is 2.08. The first-order chi connectivity index (χ1) is 8.70. The summed E-state index contributed by atoms with van der Waals surface area (Å²) in [6, 6.07) is 0. The first kappa shape index (κ1) is 12.7. The van der Waals surface area contributed by atoms with Crippen LogP contribution in [0.3, 0.4) is 0 Å². The zero-order valence-electron chi connectivity index (χ0n) is 9.57. The van der Waals surface area contributed by atoms with Gasteiger partial charge in [-0.2, -0.15) is 5.10 Å². The van der Waals surface area contributed by atoms with Crippen LogP contribution in [-0.2, 0) is 17.9 Å². The van der Waals surface area contributed by atoms with Crippen molar-refractivity contribution in [2.45, 2.75) is 13.2 Å². The van der Waals surface area contributed by atoms with Crippen LogP contribution in [-0.4, -0.2) is 27.3 Å². The number of methoxy groups -OCH3 is 1. The summed E-state index contributed by atoms with van der Waals surface area (Å²) in [6.45, 7) is 0.595. The Hall–Kier alpha value is -1.73. The molecule has 96 valence electrons. The third kappa shape index (κ3) is 2.93. The highest BCUT2D eigenvalue weighted by Crippen LogP contribution is 2.23. The quantitative estimate of drug-likeness (QED) is 0.866. The number of H-pyrrole nitrogens is 1. The van der Waals surface area contributed by atoms with Crippen LogP contribution >= 0.6 is 11.6 Å². The van der Waals surface area contributed by atoms with Crippen LogP contribution in [0.4, 0.5) is 10.1 Å². The first-order valence-corrected chi connectivity index (χ1v) is 5.50. The number of aromatic amines is 1. The highest BCUT2D eigenvalue weighted by atomic mass is 35.5. The Bertz CT molecular complexity index is 512. The molecule has 2 rings (SSSR count). The van der Waals surface area contributed by atoms with E-state index in [2.05, 4.69) is 25.5 Å². The minimum Gasteiger partial charge on any atom is -0.377 e. The Balaban J connectivity index is 2.02. The Kier molecular flexibility index (Phi) is 4.06. The lowest BCUT2D eigenvalue weighted by Crippen LogP contribution is -2.04. The summed E-state index contributed by atoms with van der Waals surface area (Å²) in [4.78, 5) is 7.77. The van der Waals surface area contributed by atoms with E-state index in [9.17, 15) is 4.39 Å².